The van der Waals surface area contributed by atoms with Crippen LogP contribution in [0.3, 0.4) is 0 Å². The van der Waals surface area contributed by atoms with E-state index in [1.807, 2.05) is 0 Å². The molecule has 0 aliphatic heterocycles. The SMILES string of the molecule is CCNC1CCC(=CC(=O)O)CC1. The summed E-state index contributed by atoms with van der Waals surface area (Å²) in [5.74, 6) is -0.808. The molecule has 1 aliphatic rings. The predicted octanol–water partition coefficient (Wildman–Crippen LogP) is 1.55. The van der Waals surface area contributed by atoms with Gasteiger partial charge in [-0.05, 0) is 32.2 Å². The number of aliphatic carboxylic acids is 1. The van der Waals surface area contributed by atoms with Crippen molar-refractivity contribution in [2.75, 3.05) is 6.54 Å². The van der Waals surface area contributed by atoms with Crippen LogP contribution in [-0.2, 0) is 4.79 Å². The monoisotopic (exact) mass is 183 g/mol. The van der Waals surface area contributed by atoms with Crippen LogP contribution < -0.4 is 5.32 Å². The average Bonchev–Trinajstić information content (AvgIpc) is 2.08. The lowest BCUT2D eigenvalue weighted by Crippen LogP contribution is -2.31. The van der Waals surface area contributed by atoms with Crippen molar-refractivity contribution in [2.24, 2.45) is 0 Å². The zero-order chi connectivity index (χ0) is 9.68. The van der Waals surface area contributed by atoms with Gasteiger partial charge in [0, 0.05) is 12.1 Å². The summed E-state index contributed by atoms with van der Waals surface area (Å²) in [6.07, 6.45) is 5.38. The normalized spacial score (nSPS) is 22.8. The molecule has 74 valence electrons. The van der Waals surface area contributed by atoms with E-state index in [9.17, 15) is 4.79 Å². The molecule has 0 saturated heterocycles. The van der Waals surface area contributed by atoms with Gasteiger partial charge in [0.1, 0.15) is 0 Å². The Labute approximate surface area is 78.8 Å². The molecule has 0 atom stereocenters. The maximum Gasteiger partial charge on any atom is 0.328 e. The predicted molar refractivity (Wildman–Crippen MR) is 51.7 cm³/mol. The van der Waals surface area contributed by atoms with Crippen LogP contribution in [0.5, 0.6) is 0 Å². The first-order valence-electron chi connectivity index (χ1n) is 4.88. The molecule has 0 bridgehead atoms. The van der Waals surface area contributed by atoms with E-state index in [4.69, 9.17) is 5.11 Å². The molecule has 3 heteroatoms. The topological polar surface area (TPSA) is 49.3 Å². The number of carbonyl (C=O) groups is 1. The number of hydrogen-bond acceptors (Lipinski definition) is 2. The van der Waals surface area contributed by atoms with E-state index in [0.717, 1.165) is 37.8 Å². The Bertz CT molecular complexity index is 201. The smallest absolute Gasteiger partial charge is 0.328 e. The Balaban J connectivity index is 2.34. The van der Waals surface area contributed by atoms with E-state index < -0.39 is 5.97 Å². The van der Waals surface area contributed by atoms with E-state index in [-0.39, 0.29) is 0 Å². The van der Waals surface area contributed by atoms with Crippen LogP contribution in [-0.4, -0.2) is 23.7 Å². The quantitative estimate of drug-likeness (QED) is 0.653. The first-order valence-corrected chi connectivity index (χ1v) is 4.88. The molecule has 1 aliphatic carbocycles. The van der Waals surface area contributed by atoms with Gasteiger partial charge in [-0.25, -0.2) is 4.79 Å². The molecule has 0 unspecified atom stereocenters. The number of hydrogen-bond donors (Lipinski definition) is 2. The number of allylic oxidation sites excluding steroid dienone is 1. The van der Waals surface area contributed by atoms with E-state index >= 15 is 0 Å². The lowest BCUT2D eigenvalue weighted by molar-refractivity contribution is -0.131. The molecule has 0 radical (unpaired) electrons. The lowest BCUT2D eigenvalue weighted by Gasteiger charge is -2.24. The summed E-state index contributed by atoms with van der Waals surface area (Å²) in [7, 11) is 0. The third-order valence-corrected chi connectivity index (χ3v) is 2.45. The minimum atomic E-state index is -0.808. The van der Waals surface area contributed by atoms with Gasteiger partial charge in [0.05, 0.1) is 0 Å². The van der Waals surface area contributed by atoms with Crippen LogP contribution in [0.15, 0.2) is 11.6 Å². The van der Waals surface area contributed by atoms with E-state index in [1.165, 1.54) is 6.08 Å². The van der Waals surface area contributed by atoms with Crippen LogP contribution in [0.25, 0.3) is 0 Å². The van der Waals surface area contributed by atoms with E-state index in [1.54, 1.807) is 0 Å². The first kappa shape index (κ1) is 10.3. The Morgan fingerprint density at radius 3 is 2.69 bits per heavy atom. The summed E-state index contributed by atoms with van der Waals surface area (Å²) in [5, 5.41) is 11.9. The Hall–Kier alpha value is -0.830. The minimum Gasteiger partial charge on any atom is -0.478 e. The second-order valence-corrected chi connectivity index (χ2v) is 3.47. The molecule has 0 heterocycles. The zero-order valence-electron chi connectivity index (χ0n) is 8.05. The van der Waals surface area contributed by atoms with Crippen molar-refractivity contribution >= 4 is 5.97 Å². The van der Waals surface area contributed by atoms with Gasteiger partial charge in [-0.2, -0.15) is 0 Å². The molecule has 1 saturated carbocycles. The largest absolute Gasteiger partial charge is 0.478 e. The molecule has 2 N–H and O–H groups in total. The van der Waals surface area contributed by atoms with Gasteiger partial charge in [0.15, 0.2) is 0 Å². The summed E-state index contributed by atoms with van der Waals surface area (Å²) in [5.41, 5.74) is 1.08. The number of rotatable bonds is 3. The highest BCUT2D eigenvalue weighted by atomic mass is 16.4. The molecular weight excluding hydrogens is 166 g/mol. The maximum atomic E-state index is 10.4. The molecule has 1 fully saturated rings. The highest BCUT2D eigenvalue weighted by Crippen LogP contribution is 2.23. The third kappa shape index (κ3) is 3.59. The van der Waals surface area contributed by atoms with Crippen molar-refractivity contribution < 1.29 is 9.90 Å². The Kier molecular flexibility index (Phi) is 3.96. The molecule has 0 spiro atoms. The standard InChI is InChI=1S/C10H17NO2/c1-2-11-9-5-3-8(4-6-9)7-10(12)13/h7,9,11H,2-6H2,1H3,(H,12,13). The van der Waals surface area contributed by atoms with Gasteiger partial charge < -0.3 is 10.4 Å². The van der Waals surface area contributed by atoms with Gasteiger partial charge in [0.25, 0.3) is 0 Å². The van der Waals surface area contributed by atoms with Gasteiger partial charge in [-0.1, -0.05) is 12.5 Å². The Morgan fingerprint density at radius 2 is 2.23 bits per heavy atom. The molecule has 3 nitrogen and oxygen atoms in total. The van der Waals surface area contributed by atoms with Gasteiger partial charge in [0.2, 0.25) is 0 Å². The lowest BCUT2D eigenvalue weighted by atomic mass is 9.90. The number of carboxylic acid groups (broad SMARTS) is 1. The molecule has 13 heavy (non-hydrogen) atoms. The summed E-state index contributed by atoms with van der Waals surface area (Å²) < 4.78 is 0. The molecule has 0 aromatic heterocycles. The summed E-state index contributed by atoms with van der Waals surface area (Å²) in [6.45, 7) is 3.10. The highest BCUT2D eigenvalue weighted by molar-refractivity contribution is 5.80. The van der Waals surface area contributed by atoms with Crippen molar-refractivity contribution in [3.63, 3.8) is 0 Å². The van der Waals surface area contributed by atoms with Crippen molar-refractivity contribution in [3.05, 3.63) is 11.6 Å². The van der Waals surface area contributed by atoms with E-state index in [2.05, 4.69) is 12.2 Å². The summed E-state index contributed by atoms with van der Waals surface area (Å²) in [6, 6.07) is 0.593. The first-order chi connectivity index (χ1) is 6.22. The molecule has 1 rings (SSSR count). The van der Waals surface area contributed by atoms with Gasteiger partial charge in [-0.15, -0.1) is 0 Å². The van der Waals surface area contributed by atoms with Gasteiger partial charge >= 0.3 is 5.97 Å². The Morgan fingerprint density at radius 1 is 1.62 bits per heavy atom. The van der Waals surface area contributed by atoms with Crippen molar-refractivity contribution in [2.45, 2.75) is 38.6 Å². The van der Waals surface area contributed by atoms with Gasteiger partial charge in [-0.3, -0.25) is 0 Å². The van der Waals surface area contributed by atoms with Crippen molar-refractivity contribution in [1.82, 2.24) is 5.32 Å². The summed E-state index contributed by atoms with van der Waals surface area (Å²) in [4.78, 5) is 10.4. The fourth-order valence-electron chi connectivity index (χ4n) is 1.80. The molecule has 0 amide bonds. The van der Waals surface area contributed by atoms with Crippen LogP contribution in [0.1, 0.15) is 32.6 Å². The van der Waals surface area contributed by atoms with Crippen LogP contribution in [0.2, 0.25) is 0 Å². The highest BCUT2D eigenvalue weighted by Gasteiger charge is 2.15. The van der Waals surface area contributed by atoms with Crippen LogP contribution >= 0.6 is 0 Å². The zero-order valence-corrected chi connectivity index (χ0v) is 8.05. The molecule has 0 aromatic rings. The average molecular weight is 183 g/mol. The molecule has 0 aromatic carbocycles. The fraction of sp³-hybridized carbons (Fsp3) is 0.700. The van der Waals surface area contributed by atoms with Crippen molar-refractivity contribution in [1.29, 1.82) is 0 Å². The maximum absolute atomic E-state index is 10.4. The fourth-order valence-corrected chi connectivity index (χ4v) is 1.80. The second kappa shape index (κ2) is 5.02. The van der Waals surface area contributed by atoms with E-state index in [0.29, 0.717) is 6.04 Å². The number of carboxylic acids is 1. The van der Waals surface area contributed by atoms with Crippen LogP contribution in [0.4, 0.5) is 0 Å². The third-order valence-electron chi connectivity index (χ3n) is 2.45. The second-order valence-electron chi connectivity index (χ2n) is 3.47. The number of nitrogens with one attached hydrogen (secondary N) is 1. The summed E-state index contributed by atoms with van der Waals surface area (Å²) >= 11 is 0. The van der Waals surface area contributed by atoms with Crippen molar-refractivity contribution in [3.8, 4) is 0 Å². The molecular formula is C10H17NO2. The van der Waals surface area contributed by atoms with Crippen LogP contribution in [0, 0.1) is 0 Å². The minimum absolute atomic E-state index is 0.593.